The highest BCUT2D eigenvalue weighted by Gasteiger charge is 2.28. The van der Waals surface area contributed by atoms with E-state index in [0.717, 1.165) is 5.56 Å². The highest BCUT2D eigenvalue weighted by atomic mass is 35.5. The molecular formula is C19H17ClN2O3. The number of hydrogen-bond donors (Lipinski definition) is 1. The molecule has 0 fully saturated rings. The molecule has 0 bridgehead atoms. The summed E-state index contributed by atoms with van der Waals surface area (Å²) in [7, 11) is 1.69. The van der Waals surface area contributed by atoms with E-state index >= 15 is 0 Å². The highest BCUT2D eigenvalue weighted by molar-refractivity contribution is 6.30. The van der Waals surface area contributed by atoms with Crippen LogP contribution in [0.15, 0.2) is 48.5 Å². The Labute approximate surface area is 150 Å². The number of carbonyl (C=O) groups excluding carboxylic acids is 2. The lowest BCUT2D eigenvalue weighted by Crippen LogP contribution is -2.41. The number of ether oxygens (including phenoxy) is 1. The summed E-state index contributed by atoms with van der Waals surface area (Å²) in [6, 6.07) is 12.4. The van der Waals surface area contributed by atoms with Gasteiger partial charge in [-0.25, -0.2) is 0 Å². The summed E-state index contributed by atoms with van der Waals surface area (Å²) in [5.41, 5.74) is 2.09. The average molecular weight is 357 g/mol. The molecule has 1 aliphatic rings. The maximum absolute atomic E-state index is 12.1. The lowest BCUT2D eigenvalue weighted by Gasteiger charge is -2.30. The van der Waals surface area contributed by atoms with E-state index in [-0.39, 0.29) is 11.8 Å². The van der Waals surface area contributed by atoms with Gasteiger partial charge in [0.2, 0.25) is 5.91 Å². The molecule has 25 heavy (non-hydrogen) atoms. The molecule has 1 aliphatic heterocycles. The standard InChI is InChI=1S/C19H17ClN2O3/c1-12-19(24)22(2)16-11-15(8-9-17(16)25-12)21-18(23)10-5-13-3-6-14(20)7-4-13/h3-12H,1-2H3,(H,21,23)/b10-5+. The summed E-state index contributed by atoms with van der Waals surface area (Å²) in [4.78, 5) is 25.6. The van der Waals surface area contributed by atoms with Crippen molar-refractivity contribution in [2.24, 2.45) is 0 Å². The number of fused-ring (bicyclic) bond motifs is 1. The van der Waals surface area contributed by atoms with Gasteiger partial charge >= 0.3 is 0 Å². The fourth-order valence-electron chi connectivity index (χ4n) is 2.52. The Morgan fingerprint density at radius 3 is 2.68 bits per heavy atom. The largest absolute Gasteiger partial charge is 0.479 e. The van der Waals surface area contributed by atoms with Crippen molar-refractivity contribution in [3.63, 3.8) is 0 Å². The molecule has 3 rings (SSSR count). The fraction of sp³-hybridized carbons (Fsp3) is 0.158. The Morgan fingerprint density at radius 1 is 1.24 bits per heavy atom. The molecule has 1 unspecified atom stereocenters. The Balaban J connectivity index is 1.72. The molecule has 1 atom stereocenters. The van der Waals surface area contributed by atoms with Crippen molar-refractivity contribution in [1.29, 1.82) is 0 Å². The summed E-state index contributed by atoms with van der Waals surface area (Å²) in [5, 5.41) is 3.42. The van der Waals surface area contributed by atoms with Gasteiger partial charge in [-0.15, -0.1) is 0 Å². The van der Waals surface area contributed by atoms with Crippen LogP contribution in [-0.2, 0) is 9.59 Å². The lowest BCUT2D eigenvalue weighted by molar-refractivity contribution is -0.125. The molecule has 2 amide bonds. The molecule has 0 saturated carbocycles. The first-order valence-electron chi connectivity index (χ1n) is 7.77. The Morgan fingerprint density at radius 2 is 1.96 bits per heavy atom. The van der Waals surface area contributed by atoms with Crippen molar-refractivity contribution in [1.82, 2.24) is 0 Å². The minimum atomic E-state index is -0.514. The molecule has 6 heteroatoms. The van der Waals surface area contributed by atoms with E-state index in [4.69, 9.17) is 16.3 Å². The molecule has 1 heterocycles. The van der Waals surface area contributed by atoms with Crippen LogP contribution < -0.4 is 15.0 Å². The predicted molar refractivity (Wildman–Crippen MR) is 99.1 cm³/mol. The van der Waals surface area contributed by atoms with Crippen molar-refractivity contribution in [3.8, 4) is 5.75 Å². The zero-order valence-electron chi connectivity index (χ0n) is 13.8. The monoisotopic (exact) mass is 356 g/mol. The van der Waals surface area contributed by atoms with Gasteiger partial charge in [-0.1, -0.05) is 23.7 Å². The van der Waals surface area contributed by atoms with E-state index < -0.39 is 6.10 Å². The van der Waals surface area contributed by atoms with Gasteiger partial charge in [-0.3, -0.25) is 9.59 Å². The van der Waals surface area contributed by atoms with Crippen molar-refractivity contribution in [2.75, 3.05) is 17.3 Å². The summed E-state index contributed by atoms with van der Waals surface area (Å²) in [5.74, 6) is 0.219. The van der Waals surface area contributed by atoms with Crippen molar-refractivity contribution < 1.29 is 14.3 Å². The molecule has 2 aromatic rings. The minimum Gasteiger partial charge on any atom is -0.479 e. The zero-order chi connectivity index (χ0) is 18.0. The quantitative estimate of drug-likeness (QED) is 0.852. The normalized spacial score (nSPS) is 16.5. The van der Waals surface area contributed by atoms with Gasteiger partial charge in [-0.2, -0.15) is 0 Å². The van der Waals surface area contributed by atoms with Gasteiger partial charge in [0.25, 0.3) is 5.91 Å². The van der Waals surface area contributed by atoms with Crippen molar-refractivity contribution >= 4 is 40.9 Å². The van der Waals surface area contributed by atoms with Gasteiger partial charge < -0.3 is 15.0 Å². The number of rotatable bonds is 3. The zero-order valence-corrected chi connectivity index (χ0v) is 14.6. The second kappa shape index (κ2) is 6.99. The van der Waals surface area contributed by atoms with E-state index in [1.54, 1.807) is 50.4 Å². The summed E-state index contributed by atoms with van der Waals surface area (Å²) < 4.78 is 5.56. The number of benzene rings is 2. The van der Waals surface area contributed by atoms with Crippen LogP contribution >= 0.6 is 11.6 Å². The van der Waals surface area contributed by atoms with Crippen LogP contribution in [0.1, 0.15) is 12.5 Å². The second-order valence-corrected chi connectivity index (χ2v) is 6.15. The van der Waals surface area contributed by atoms with Gasteiger partial charge in [0.15, 0.2) is 6.10 Å². The number of nitrogens with one attached hydrogen (secondary N) is 1. The number of carbonyl (C=O) groups is 2. The molecule has 1 N–H and O–H groups in total. The molecule has 2 aromatic carbocycles. The van der Waals surface area contributed by atoms with Gasteiger partial charge in [-0.05, 0) is 48.9 Å². The van der Waals surface area contributed by atoms with Crippen LogP contribution in [0, 0.1) is 0 Å². The smallest absolute Gasteiger partial charge is 0.267 e. The highest BCUT2D eigenvalue weighted by Crippen LogP contribution is 2.35. The Bertz CT molecular complexity index is 846. The number of anilines is 2. The molecule has 5 nitrogen and oxygen atoms in total. The topological polar surface area (TPSA) is 58.6 Å². The van der Waals surface area contributed by atoms with E-state index in [9.17, 15) is 9.59 Å². The van der Waals surface area contributed by atoms with E-state index in [2.05, 4.69) is 5.32 Å². The molecule has 0 spiro atoms. The lowest BCUT2D eigenvalue weighted by atomic mass is 10.2. The van der Waals surface area contributed by atoms with Crippen molar-refractivity contribution in [3.05, 3.63) is 59.1 Å². The summed E-state index contributed by atoms with van der Waals surface area (Å²) >= 11 is 5.83. The van der Waals surface area contributed by atoms with E-state index in [1.807, 2.05) is 12.1 Å². The van der Waals surface area contributed by atoms with Gasteiger partial charge in [0.05, 0.1) is 5.69 Å². The number of nitrogens with zero attached hydrogens (tertiary/aromatic N) is 1. The summed E-state index contributed by atoms with van der Waals surface area (Å²) in [6.07, 6.45) is 2.63. The molecule has 0 saturated heterocycles. The van der Waals surface area contributed by atoms with Crippen LogP contribution in [0.3, 0.4) is 0 Å². The first-order chi connectivity index (χ1) is 11.9. The third kappa shape index (κ3) is 3.83. The molecule has 128 valence electrons. The average Bonchev–Trinajstić information content (AvgIpc) is 2.60. The van der Waals surface area contributed by atoms with Crippen molar-refractivity contribution in [2.45, 2.75) is 13.0 Å². The molecule has 0 aromatic heterocycles. The van der Waals surface area contributed by atoms with Crippen LogP contribution in [0.25, 0.3) is 6.08 Å². The Hall–Kier alpha value is -2.79. The molecular weight excluding hydrogens is 340 g/mol. The third-order valence-electron chi connectivity index (χ3n) is 3.87. The number of hydrogen-bond acceptors (Lipinski definition) is 3. The predicted octanol–water partition coefficient (Wildman–Crippen LogP) is 3.74. The van der Waals surface area contributed by atoms with Crippen LogP contribution in [0.5, 0.6) is 5.75 Å². The fourth-order valence-corrected chi connectivity index (χ4v) is 2.64. The summed E-state index contributed by atoms with van der Waals surface area (Å²) in [6.45, 7) is 1.71. The SMILES string of the molecule is CC1Oc2ccc(NC(=O)/C=C/c3ccc(Cl)cc3)cc2N(C)C1=O. The number of likely N-dealkylation sites (N-methyl/N-ethyl adjacent to an activating group) is 1. The first-order valence-corrected chi connectivity index (χ1v) is 8.15. The molecule has 0 radical (unpaired) electrons. The number of amides is 2. The van der Waals surface area contributed by atoms with Crippen LogP contribution in [0.4, 0.5) is 11.4 Å². The van der Waals surface area contributed by atoms with E-state index in [0.29, 0.717) is 22.1 Å². The van der Waals surface area contributed by atoms with Crippen LogP contribution in [0.2, 0.25) is 5.02 Å². The van der Waals surface area contributed by atoms with Gasteiger partial charge in [0, 0.05) is 23.8 Å². The third-order valence-corrected chi connectivity index (χ3v) is 4.12. The number of halogens is 1. The minimum absolute atomic E-state index is 0.126. The Kier molecular flexibility index (Phi) is 4.76. The first kappa shape index (κ1) is 17.0. The van der Waals surface area contributed by atoms with Crippen LogP contribution in [-0.4, -0.2) is 25.0 Å². The second-order valence-electron chi connectivity index (χ2n) is 5.71. The maximum Gasteiger partial charge on any atom is 0.267 e. The van der Waals surface area contributed by atoms with Gasteiger partial charge in [0.1, 0.15) is 5.75 Å². The molecule has 0 aliphatic carbocycles. The van der Waals surface area contributed by atoms with E-state index in [1.165, 1.54) is 11.0 Å². The maximum atomic E-state index is 12.1.